The maximum Gasteiger partial charge on any atom is 0.243 e. The Morgan fingerprint density at radius 1 is 1.15 bits per heavy atom. The summed E-state index contributed by atoms with van der Waals surface area (Å²) in [5.74, 6) is 0. The molecule has 114 valence electrons. The molecule has 1 rings (SSSR count). The van der Waals surface area contributed by atoms with Crippen LogP contribution in [0.2, 0.25) is 0 Å². The smallest absolute Gasteiger partial charge is 0.243 e. The summed E-state index contributed by atoms with van der Waals surface area (Å²) in [5.41, 5.74) is 8.38. The van der Waals surface area contributed by atoms with Crippen LogP contribution in [-0.4, -0.2) is 26.3 Å². The standard InChI is InChI=1S/C15H26N2O2S/c1-5-6-7-8-17(4)20(18,19)15-10-14(11-16)12(2)9-13(15)3/h9-10H,5-8,11,16H2,1-4H3. The second-order valence-electron chi connectivity index (χ2n) is 5.28. The highest BCUT2D eigenvalue weighted by Gasteiger charge is 2.23. The maximum absolute atomic E-state index is 12.6. The molecule has 0 aliphatic rings. The van der Waals surface area contributed by atoms with Gasteiger partial charge in [-0.05, 0) is 43.0 Å². The Morgan fingerprint density at radius 3 is 2.35 bits per heavy atom. The van der Waals surface area contributed by atoms with E-state index in [2.05, 4.69) is 6.92 Å². The average molecular weight is 298 g/mol. The Morgan fingerprint density at radius 2 is 1.80 bits per heavy atom. The number of aryl methyl sites for hydroxylation is 2. The van der Waals surface area contributed by atoms with E-state index in [1.165, 1.54) is 4.31 Å². The van der Waals surface area contributed by atoms with Crippen LogP contribution in [0.3, 0.4) is 0 Å². The molecule has 4 nitrogen and oxygen atoms in total. The van der Waals surface area contributed by atoms with Crippen LogP contribution >= 0.6 is 0 Å². The maximum atomic E-state index is 12.6. The van der Waals surface area contributed by atoms with Gasteiger partial charge in [-0.3, -0.25) is 0 Å². The van der Waals surface area contributed by atoms with Crippen molar-refractivity contribution in [2.45, 2.75) is 51.5 Å². The molecule has 0 aromatic heterocycles. The van der Waals surface area contributed by atoms with Crippen LogP contribution in [0.1, 0.15) is 42.9 Å². The van der Waals surface area contributed by atoms with E-state index in [1.807, 2.05) is 19.9 Å². The molecule has 0 heterocycles. The van der Waals surface area contributed by atoms with Crippen molar-refractivity contribution in [3.05, 3.63) is 28.8 Å². The molecule has 0 aliphatic heterocycles. The minimum atomic E-state index is -3.42. The lowest BCUT2D eigenvalue weighted by Gasteiger charge is -2.19. The highest BCUT2D eigenvalue weighted by atomic mass is 32.2. The summed E-state index contributed by atoms with van der Waals surface area (Å²) in [7, 11) is -1.78. The van der Waals surface area contributed by atoms with E-state index in [1.54, 1.807) is 13.1 Å². The zero-order valence-electron chi connectivity index (χ0n) is 12.9. The van der Waals surface area contributed by atoms with Gasteiger partial charge < -0.3 is 5.73 Å². The first kappa shape index (κ1) is 17.1. The zero-order valence-corrected chi connectivity index (χ0v) is 13.8. The molecule has 0 saturated carbocycles. The zero-order chi connectivity index (χ0) is 15.3. The predicted molar refractivity (Wildman–Crippen MR) is 83.1 cm³/mol. The molecule has 20 heavy (non-hydrogen) atoms. The minimum Gasteiger partial charge on any atom is -0.326 e. The van der Waals surface area contributed by atoms with Gasteiger partial charge in [0.15, 0.2) is 0 Å². The van der Waals surface area contributed by atoms with Gasteiger partial charge in [-0.2, -0.15) is 0 Å². The topological polar surface area (TPSA) is 63.4 Å². The predicted octanol–water partition coefficient (Wildman–Crippen LogP) is 2.57. The van der Waals surface area contributed by atoms with Crippen LogP contribution in [0.25, 0.3) is 0 Å². The van der Waals surface area contributed by atoms with Crippen molar-refractivity contribution in [1.29, 1.82) is 0 Å². The number of unbranched alkanes of at least 4 members (excludes halogenated alkanes) is 2. The quantitative estimate of drug-likeness (QED) is 0.787. The van der Waals surface area contributed by atoms with Crippen molar-refractivity contribution in [2.75, 3.05) is 13.6 Å². The fourth-order valence-electron chi connectivity index (χ4n) is 2.24. The fourth-order valence-corrected chi connectivity index (χ4v) is 3.71. The van der Waals surface area contributed by atoms with Crippen LogP contribution in [0.4, 0.5) is 0 Å². The van der Waals surface area contributed by atoms with Crippen molar-refractivity contribution < 1.29 is 8.42 Å². The van der Waals surface area contributed by atoms with E-state index in [0.29, 0.717) is 18.0 Å². The Kier molecular flexibility index (Phi) is 6.17. The second-order valence-corrected chi connectivity index (χ2v) is 7.30. The van der Waals surface area contributed by atoms with Gasteiger partial charge in [0.05, 0.1) is 4.90 Å². The van der Waals surface area contributed by atoms with Gasteiger partial charge in [0.2, 0.25) is 10.0 Å². The summed E-state index contributed by atoms with van der Waals surface area (Å²) in [6.07, 6.45) is 3.01. The van der Waals surface area contributed by atoms with E-state index in [0.717, 1.165) is 36.0 Å². The Hall–Kier alpha value is -0.910. The van der Waals surface area contributed by atoms with Gasteiger partial charge in [0.25, 0.3) is 0 Å². The molecular weight excluding hydrogens is 272 g/mol. The molecule has 0 fully saturated rings. The molecular formula is C15H26N2O2S. The summed E-state index contributed by atoms with van der Waals surface area (Å²) in [4.78, 5) is 0.377. The van der Waals surface area contributed by atoms with E-state index >= 15 is 0 Å². The largest absolute Gasteiger partial charge is 0.326 e. The lowest BCUT2D eigenvalue weighted by Crippen LogP contribution is -2.28. The van der Waals surface area contributed by atoms with Gasteiger partial charge in [0, 0.05) is 20.1 Å². The normalized spacial score (nSPS) is 12.1. The number of nitrogens with two attached hydrogens (primary N) is 1. The van der Waals surface area contributed by atoms with Crippen LogP contribution in [-0.2, 0) is 16.6 Å². The van der Waals surface area contributed by atoms with Crippen molar-refractivity contribution in [1.82, 2.24) is 4.31 Å². The van der Waals surface area contributed by atoms with Gasteiger partial charge >= 0.3 is 0 Å². The SMILES string of the molecule is CCCCCN(C)S(=O)(=O)c1cc(CN)c(C)cc1C. The first-order valence-corrected chi connectivity index (χ1v) is 8.55. The van der Waals surface area contributed by atoms with E-state index < -0.39 is 10.0 Å². The molecule has 1 aromatic rings. The molecule has 0 unspecified atom stereocenters. The van der Waals surface area contributed by atoms with E-state index in [9.17, 15) is 8.42 Å². The third-order valence-electron chi connectivity index (χ3n) is 3.62. The Bertz CT molecular complexity index is 553. The highest BCUT2D eigenvalue weighted by Crippen LogP contribution is 2.23. The summed E-state index contributed by atoms with van der Waals surface area (Å²) >= 11 is 0. The lowest BCUT2D eigenvalue weighted by molar-refractivity contribution is 0.454. The molecule has 0 spiro atoms. The van der Waals surface area contributed by atoms with Gasteiger partial charge in [0.1, 0.15) is 0 Å². The Balaban J connectivity index is 3.08. The third-order valence-corrected chi connectivity index (χ3v) is 5.62. The molecule has 5 heteroatoms. The number of nitrogens with zero attached hydrogens (tertiary/aromatic N) is 1. The summed E-state index contributed by atoms with van der Waals surface area (Å²) in [6.45, 7) is 6.80. The van der Waals surface area contributed by atoms with Crippen LogP contribution in [0.15, 0.2) is 17.0 Å². The lowest BCUT2D eigenvalue weighted by atomic mass is 10.1. The first-order chi connectivity index (χ1) is 9.34. The van der Waals surface area contributed by atoms with Crippen molar-refractivity contribution >= 4 is 10.0 Å². The van der Waals surface area contributed by atoms with Gasteiger partial charge in [-0.15, -0.1) is 0 Å². The molecule has 0 saturated heterocycles. The van der Waals surface area contributed by atoms with Crippen LogP contribution in [0, 0.1) is 13.8 Å². The van der Waals surface area contributed by atoms with Gasteiger partial charge in [-0.1, -0.05) is 25.8 Å². The number of sulfonamides is 1. The van der Waals surface area contributed by atoms with Crippen LogP contribution in [0.5, 0.6) is 0 Å². The van der Waals surface area contributed by atoms with E-state index in [4.69, 9.17) is 5.73 Å². The average Bonchev–Trinajstić information content (AvgIpc) is 2.38. The number of rotatable bonds is 7. The molecule has 0 aliphatic carbocycles. The first-order valence-electron chi connectivity index (χ1n) is 7.11. The Labute approximate surface area is 123 Å². The molecule has 0 radical (unpaired) electrons. The molecule has 0 bridgehead atoms. The number of benzene rings is 1. The van der Waals surface area contributed by atoms with E-state index in [-0.39, 0.29) is 0 Å². The third kappa shape index (κ3) is 3.81. The fraction of sp³-hybridized carbons (Fsp3) is 0.600. The van der Waals surface area contributed by atoms with Crippen molar-refractivity contribution in [3.8, 4) is 0 Å². The van der Waals surface area contributed by atoms with Crippen molar-refractivity contribution in [3.63, 3.8) is 0 Å². The monoisotopic (exact) mass is 298 g/mol. The summed E-state index contributed by atoms with van der Waals surface area (Å²) < 4.78 is 26.7. The molecule has 0 atom stereocenters. The second kappa shape index (κ2) is 7.20. The number of hydrogen-bond acceptors (Lipinski definition) is 3. The molecule has 1 aromatic carbocycles. The molecule has 2 N–H and O–H groups in total. The van der Waals surface area contributed by atoms with Crippen LogP contribution < -0.4 is 5.73 Å². The highest BCUT2D eigenvalue weighted by molar-refractivity contribution is 7.89. The number of hydrogen-bond donors (Lipinski definition) is 1. The van der Waals surface area contributed by atoms with Gasteiger partial charge in [-0.25, -0.2) is 12.7 Å². The summed E-state index contributed by atoms with van der Waals surface area (Å²) in [6, 6.07) is 3.62. The summed E-state index contributed by atoms with van der Waals surface area (Å²) in [5, 5.41) is 0. The van der Waals surface area contributed by atoms with Crippen molar-refractivity contribution in [2.24, 2.45) is 5.73 Å². The molecule has 0 amide bonds. The minimum absolute atomic E-state index is 0.355.